The Morgan fingerprint density at radius 3 is 2.75 bits per heavy atom. The number of benzene rings is 1. The molecule has 1 heterocycles. The molecule has 1 aliphatic carbocycles. The average molecular weight is 342 g/mol. The van der Waals surface area contributed by atoms with Gasteiger partial charge < -0.3 is 10.2 Å². The summed E-state index contributed by atoms with van der Waals surface area (Å²) in [5.41, 5.74) is 1.14. The number of likely N-dealkylation sites (N-methyl/N-ethyl adjacent to an activating group) is 1. The quantitative estimate of drug-likeness (QED) is 0.928. The number of fused-ring (bicyclic) bond motifs is 1. The molecule has 0 spiro atoms. The summed E-state index contributed by atoms with van der Waals surface area (Å²) in [7, 11) is 1.81. The van der Waals surface area contributed by atoms with Gasteiger partial charge in [0.2, 0.25) is 5.91 Å². The van der Waals surface area contributed by atoms with Gasteiger partial charge in [-0.05, 0) is 41.8 Å². The van der Waals surface area contributed by atoms with Crippen LogP contribution in [0.1, 0.15) is 35.8 Å². The molecule has 4 nitrogen and oxygen atoms in total. The Hall–Kier alpha value is -2.14. The number of rotatable bonds is 4. The first-order chi connectivity index (χ1) is 11.5. The van der Waals surface area contributed by atoms with Gasteiger partial charge in [-0.2, -0.15) is 0 Å². The molecule has 0 unspecified atom stereocenters. The molecule has 0 fully saturated rings. The van der Waals surface area contributed by atoms with Crippen LogP contribution in [0.4, 0.5) is 0 Å². The number of amides is 2. The second-order valence-corrected chi connectivity index (χ2v) is 7.37. The predicted molar refractivity (Wildman–Crippen MR) is 95.7 cm³/mol. The van der Waals surface area contributed by atoms with Crippen LogP contribution in [0.15, 0.2) is 41.8 Å². The summed E-state index contributed by atoms with van der Waals surface area (Å²) in [6.07, 6.45) is 2.46. The number of aryl methyl sites for hydroxylation is 1. The van der Waals surface area contributed by atoms with Crippen LogP contribution >= 0.6 is 11.3 Å². The fourth-order valence-electron chi connectivity index (χ4n) is 3.57. The van der Waals surface area contributed by atoms with Crippen molar-refractivity contribution < 1.29 is 9.59 Å². The van der Waals surface area contributed by atoms with Gasteiger partial charge in [0, 0.05) is 18.8 Å². The highest BCUT2D eigenvalue weighted by atomic mass is 32.1. The molecule has 0 aliphatic heterocycles. The molecule has 5 heteroatoms. The Morgan fingerprint density at radius 2 is 2.04 bits per heavy atom. The third-order valence-corrected chi connectivity index (χ3v) is 5.41. The molecule has 1 N–H and O–H groups in total. The van der Waals surface area contributed by atoms with Crippen LogP contribution in [-0.4, -0.2) is 23.8 Å². The van der Waals surface area contributed by atoms with Crippen LogP contribution in [-0.2, 0) is 28.1 Å². The number of carbonyl (C=O) groups excluding carboxylic acids is 2. The van der Waals surface area contributed by atoms with Crippen LogP contribution < -0.4 is 5.32 Å². The first-order valence-electron chi connectivity index (χ1n) is 8.18. The highest BCUT2D eigenvalue weighted by molar-refractivity contribution is 7.09. The van der Waals surface area contributed by atoms with Crippen molar-refractivity contribution >= 4 is 23.2 Å². The molecule has 126 valence electrons. The van der Waals surface area contributed by atoms with Crippen molar-refractivity contribution in [2.45, 2.75) is 38.3 Å². The van der Waals surface area contributed by atoms with E-state index in [1.165, 1.54) is 6.92 Å². The Labute approximate surface area is 146 Å². The zero-order valence-corrected chi connectivity index (χ0v) is 14.9. The molecule has 3 rings (SSSR count). The van der Waals surface area contributed by atoms with Gasteiger partial charge >= 0.3 is 0 Å². The monoisotopic (exact) mass is 342 g/mol. The van der Waals surface area contributed by atoms with Crippen molar-refractivity contribution in [2.24, 2.45) is 0 Å². The lowest BCUT2D eigenvalue weighted by atomic mass is 9.75. The fraction of sp³-hybridized carbons (Fsp3) is 0.368. The maximum Gasteiger partial charge on any atom is 0.253 e. The maximum absolute atomic E-state index is 13.4. The minimum atomic E-state index is -0.952. The van der Waals surface area contributed by atoms with E-state index in [9.17, 15) is 9.59 Å². The molecule has 0 saturated carbocycles. The SMILES string of the molecule is CC(=O)N[C@@]1(C(=O)N(C)Cc2cccs2)CCCc2ccccc21. The van der Waals surface area contributed by atoms with Crippen molar-refractivity contribution in [3.05, 3.63) is 57.8 Å². The second-order valence-electron chi connectivity index (χ2n) is 6.34. The first-order valence-corrected chi connectivity index (χ1v) is 9.06. The highest BCUT2D eigenvalue weighted by Gasteiger charge is 2.45. The minimum Gasteiger partial charge on any atom is -0.338 e. The van der Waals surface area contributed by atoms with E-state index in [0.29, 0.717) is 13.0 Å². The maximum atomic E-state index is 13.4. The lowest BCUT2D eigenvalue weighted by molar-refractivity contribution is -0.142. The van der Waals surface area contributed by atoms with Gasteiger partial charge in [0.05, 0.1) is 6.54 Å². The van der Waals surface area contributed by atoms with Crippen molar-refractivity contribution in [2.75, 3.05) is 7.05 Å². The number of nitrogens with zero attached hydrogens (tertiary/aromatic N) is 1. The molecule has 2 amide bonds. The Kier molecular flexibility index (Phi) is 4.71. The third-order valence-electron chi connectivity index (χ3n) is 4.55. The van der Waals surface area contributed by atoms with Crippen LogP contribution in [0.25, 0.3) is 0 Å². The van der Waals surface area contributed by atoms with E-state index in [1.54, 1.807) is 16.2 Å². The fourth-order valence-corrected chi connectivity index (χ4v) is 4.33. The topological polar surface area (TPSA) is 49.4 Å². The second kappa shape index (κ2) is 6.77. The lowest BCUT2D eigenvalue weighted by Crippen LogP contribution is -2.57. The summed E-state index contributed by atoms with van der Waals surface area (Å²) in [5, 5.41) is 4.99. The van der Waals surface area contributed by atoms with Gasteiger partial charge in [0.15, 0.2) is 0 Å². The van der Waals surface area contributed by atoms with E-state index in [4.69, 9.17) is 0 Å². The Bertz CT molecular complexity index is 742. The zero-order chi connectivity index (χ0) is 17.2. The van der Waals surface area contributed by atoms with Crippen LogP contribution in [0, 0.1) is 0 Å². The smallest absolute Gasteiger partial charge is 0.253 e. The summed E-state index contributed by atoms with van der Waals surface area (Å²) < 4.78 is 0. The Morgan fingerprint density at radius 1 is 1.25 bits per heavy atom. The largest absolute Gasteiger partial charge is 0.338 e. The van der Waals surface area contributed by atoms with Gasteiger partial charge in [-0.3, -0.25) is 9.59 Å². The van der Waals surface area contributed by atoms with Gasteiger partial charge in [-0.1, -0.05) is 30.3 Å². The summed E-state index contributed by atoms with van der Waals surface area (Å²) in [6.45, 7) is 2.03. The standard InChI is InChI=1S/C19H22N2O2S/c1-14(22)20-19(11-5-8-15-7-3-4-10-17(15)19)18(23)21(2)13-16-9-6-12-24-16/h3-4,6-7,9-10,12H,5,8,11,13H2,1-2H3,(H,20,22)/t19-/m0/s1. The van der Waals surface area contributed by atoms with E-state index in [2.05, 4.69) is 11.4 Å². The zero-order valence-electron chi connectivity index (χ0n) is 14.0. The molecule has 0 radical (unpaired) electrons. The molecular formula is C19H22N2O2S. The van der Waals surface area contributed by atoms with E-state index in [1.807, 2.05) is 42.8 Å². The number of thiophene rings is 1. The number of carbonyl (C=O) groups is 2. The number of hydrogen-bond acceptors (Lipinski definition) is 3. The van der Waals surface area contributed by atoms with Crippen LogP contribution in [0.2, 0.25) is 0 Å². The molecule has 24 heavy (non-hydrogen) atoms. The van der Waals surface area contributed by atoms with Gasteiger partial charge in [0.1, 0.15) is 5.54 Å². The van der Waals surface area contributed by atoms with E-state index in [-0.39, 0.29) is 11.8 Å². The third kappa shape index (κ3) is 3.08. The molecule has 0 saturated heterocycles. The molecule has 2 aromatic rings. The van der Waals surface area contributed by atoms with Crippen LogP contribution in [0.5, 0.6) is 0 Å². The molecule has 0 bridgehead atoms. The average Bonchev–Trinajstić information content (AvgIpc) is 3.07. The van der Waals surface area contributed by atoms with Crippen molar-refractivity contribution in [3.8, 4) is 0 Å². The van der Waals surface area contributed by atoms with Crippen molar-refractivity contribution in [1.82, 2.24) is 10.2 Å². The lowest BCUT2D eigenvalue weighted by Gasteiger charge is -2.40. The van der Waals surface area contributed by atoms with Gasteiger partial charge in [0.25, 0.3) is 5.91 Å². The molecule has 1 aromatic carbocycles. The van der Waals surface area contributed by atoms with Crippen molar-refractivity contribution in [3.63, 3.8) is 0 Å². The summed E-state index contributed by atoms with van der Waals surface area (Å²) in [4.78, 5) is 28.1. The van der Waals surface area contributed by atoms with E-state index < -0.39 is 5.54 Å². The summed E-state index contributed by atoms with van der Waals surface area (Å²) in [5.74, 6) is -0.220. The molecule has 1 aliphatic rings. The summed E-state index contributed by atoms with van der Waals surface area (Å²) >= 11 is 1.63. The predicted octanol–water partition coefficient (Wildman–Crippen LogP) is 3.07. The first kappa shape index (κ1) is 16.7. The van der Waals surface area contributed by atoms with E-state index >= 15 is 0 Å². The van der Waals surface area contributed by atoms with Crippen molar-refractivity contribution in [1.29, 1.82) is 0 Å². The van der Waals surface area contributed by atoms with Gasteiger partial charge in [-0.25, -0.2) is 0 Å². The number of nitrogens with one attached hydrogen (secondary N) is 1. The van der Waals surface area contributed by atoms with Crippen LogP contribution in [0.3, 0.4) is 0 Å². The minimum absolute atomic E-state index is 0.0433. The molecule has 1 aromatic heterocycles. The summed E-state index contributed by atoms with van der Waals surface area (Å²) in [6, 6.07) is 12.0. The number of hydrogen-bond donors (Lipinski definition) is 1. The normalized spacial score (nSPS) is 19.4. The Balaban J connectivity index is 1.97. The molecule has 1 atom stereocenters. The van der Waals surface area contributed by atoms with Gasteiger partial charge in [-0.15, -0.1) is 11.3 Å². The molecular weight excluding hydrogens is 320 g/mol. The highest BCUT2D eigenvalue weighted by Crippen LogP contribution is 2.37. The van der Waals surface area contributed by atoms with E-state index in [0.717, 1.165) is 28.8 Å².